The summed E-state index contributed by atoms with van der Waals surface area (Å²) in [5.74, 6) is 0.0320. The Bertz CT molecular complexity index is 898. The van der Waals surface area contributed by atoms with Crippen LogP contribution in [0.1, 0.15) is 34.3 Å². The molecule has 1 fully saturated rings. The maximum absolute atomic E-state index is 12.7. The van der Waals surface area contributed by atoms with E-state index in [4.69, 9.17) is 0 Å². The van der Waals surface area contributed by atoms with Crippen molar-refractivity contribution in [3.8, 4) is 0 Å². The molecule has 2 aromatic rings. The fourth-order valence-corrected chi connectivity index (χ4v) is 4.35. The summed E-state index contributed by atoms with van der Waals surface area (Å²) in [6, 6.07) is 11.9. The summed E-state index contributed by atoms with van der Waals surface area (Å²) < 4.78 is 0. The Balaban J connectivity index is 1.35. The summed E-state index contributed by atoms with van der Waals surface area (Å²) in [7, 11) is 0. The van der Waals surface area contributed by atoms with E-state index in [1.807, 2.05) is 29.2 Å². The molecule has 5 nitrogen and oxygen atoms in total. The van der Waals surface area contributed by atoms with Gasteiger partial charge in [0.25, 0.3) is 5.91 Å². The van der Waals surface area contributed by atoms with Gasteiger partial charge in [0.05, 0.1) is 12.1 Å². The lowest BCUT2D eigenvalue weighted by atomic mass is 10.0. The summed E-state index contributed by atoms with van der Waals surface area (Å²) in [4.78, 5) is 29.0. The molecule has 0 bridgehead atoms. The van der Waals surface area contributed by atoms with Crippen molar-refractivity contribution in [2.45, 2.75) is 25.7 Å². The zero-order valence-electron chi connectivity index (χ0n) is 14.6. The van der Waals surface area contributed by atoms with Crippen molar-refractivity contribution in [3.05, 3.63) is 53.1 Å². The summed E-state index contributed by atoms with van der Waals surface area (Å²) in [5, 5.41) is 2.99. The molecule has 3 aliphatic rings. The van der Waals surface area contributed by atoms with E-state index in [2.05, 4.69) is 22.3 Å². The van der Waals surface area contributed by atoms with Gasteiger partial charge in [-0.3, -0.25) is 9.59 Å². The van der Waals surface area contributed by atoms with E-state index in [-0.39, 0.29) is 11.8 Å². The second kappa shape index (κ2) is 5.87. The molecule has 132 valence electrons. The SMILES string of the molecule is O=C(Nc1ccc(N2CCCC2)cc1)c1cc2c3c(c1)CC(=O)N3CC2. The maximum Gasteiger partial charge on any atom is 0.255 e. The normalized spacial score (nSPS) is 17.8. The van der Waals surface area contributed by atoms with Crippen LogP contribution in [0.2, 0.25) is 0 Å². The fraction of sp³-hybridized carbons (Fsp3) is 0.333. The molecule has 26 heavy (non-hydrogen) atoms. The van der Waals surface area contributed by atoms with Gasteiger partial charge in [-0.1, -0.05) is 0 Å². The van der Waals surface area contributed by atoms with Crippen LogP contribution >= 0.6 is 0 Å². The first kappa shape index (κ1) is 15.4. The van der Waals surface area contributed by atoms with Crippen LogP contribution in [0.3, 0.4) is 0 Å². The fourth-order valence-electron chi connectivity index (χ4n) is 4.35. The van der Waals surface area contributed by atoms with E-state index in [0.717, 1.165) is 48.6 Å². The molecule has 1 N–H and O–H groups in total. The third kappa shape index (κ3) is 2.46. The average molecular weight is 347 g/mol. The van der Waals surface area contributed by atoms with E-state index < -0.39 is 0 Å². The third-order valence-electron chi connectivity index (χ3n) is 5.64. The Labute approximate surface area is 152 Å². The molecule has 3 aliphatic heterocycles. The summed E-state index contributed by atoms with van der Waals surface area (Å²) in [5.41, 5.74) is 5.79. The van der Waals surface area contributed by atoms with Crippen LogP contribution in [0.25, 0.3) is 0 Å². The second-order valence-electron chi connectivity index (χ2n) is 7.31. The van der Waals surface area contributed by atoms with Gasteiger partial charge in [-0.2, -0.15) is 0 Å². The number of hydrogen-bond donors (Lipinski definition) is 1. The van der Waals surface area contributed by atoms with Crippen LogP contribution in [0.15, 0.2) is 36.4 Å². The Hall–Kier alpha value is -2.82. The number of benzene rings is 2. The van der Waals surface area contributed by atoms with Gasteiger partial charge in [0, 0.05) is 36.6 Å². The molecule has 0 aliphatic carbocycles. The van der Waals surface area contributed by atoms with Gasteiger partial charge in [0.15, 0.2) is 0 Å². The van der Waals surface area contributed by atoms with Crippen molar-refractivity contribution in [2.75, 3.05) is 34.8 Å². The highest BCUT2D eigenvalue weighted by atomic mass is 16.2. The van der Waals surface area contributed by atoms with Gasteiger partial charge >= 0.3 is 0 Å². The minimum atomic E-state index is -0.115. The number of carbonyl (C=O) groups excluding carboxylic acids is 2. The lowest BCUT2D eigenvalue weighted by Crippen LogP contribution is -2.24. The van der Waals surface area contributed by atoms with Gasteiger partial charge in [0.1, 0.15) is 0 Å². The van der Waals surface area contributed by atoms with Crippen molar-refractivity contribution in [1.82, 2.24) is 0 Å². The number of nitrogens with one attached hydrogen (secondary N) is 1. The maximum atomic E-state index is 12.7. The monoisotopic (exact) mass is 347 g/mol. The molecule has 0 aromatic heterocycles. The van der Waals surface area contributed by atoms with Crippen LogP contribution in [-0.4, -0.2) is 31.4 Å². The standard InChI is InChI=1S/C21H21N3O2/c25-19-13-15-12-16(11-14-7-10-24(19)20(14)15)21(26)22-17-3-5-18(6-4-17)23-8-1-2-9-23/h3-6,11-12H,1-2,7-10,13H2,(H,22,26). The predicted octanol–water partition coefficient (Wildman–Crippen LogP) is 2.98. The first-order valence-electron chi connectivity index (χ1n) is 9.31. The lowest BCUT2D eigenvalue weighted by molar-refractivity contribution is -0.117. The van der Waals surface area contributed by atoms with Gasteiger partial charge in [0.2, 0.25) is 5.91 Å². The molecule has 0 spiro atoms. The van der Waals surface area contributed by atoms with Crippen molar-refractivity contribution in [2.24, 2.45) is 0 Å². The number of amides is 2. The summed E-state index contributed by atoms with van der Waals surface area (Å²) in [6.07, 6.45) is 3.74. The summed E-state index contributed by atoms with van der Waals surface area (Å²) in [6.45, 7) is 2.96. The molecule has 5 rings (SSSR count). The smallest absolute Gasteiger partial charge is 0.255 e. The first-order valence-corrected chi connectivity index (χ1v) is 9.31. The molecule has 0 unspecified atom stereocenters. The first-order chi connectivity index (χ1) is 12.7. The zero-order valence-corrected chi connectivity index (χ0v) is 14.6. The average Bonchev–Trinajstić information content (AvgIpc) is 3.37. The van der Waals surface area contributed by atoms with E-state index >= 15 is 0 Å². The van der Waals surface area contributed by atoms with Crippen molar-refractivity contribution in [3.63, 3.8) is 0 Å². The molecule has 2 aromatic carbocycles. The summed E-state index contributed by atoms with van der Waals surface area (Å²) >= 11 is 0. The van der Waals surface area contributed by atoms with E-state index in [1.54, 1.807) is 0 Å². The molecule has 0 saturated carbocycles. The Morgan fingerprint density at radius 3 is 2.46 bits per heavy atom. The minimum absolute atomic E-state index is 0.115. The quantitative estimate of drug-likeness (QED) is 0.929. The minimum Gasteiger partial charge on any atom is -0.372 e. The van der Waals surface area contributed by atoms with Crippen LogP contribution in [0.4, 0.5) is 17.1 Å². The Kier molecular flexibility index (Phi) is 3.48. The highest BCUT2D eigenvalue weighted by molar-refractivity contribution is 6.08. The van der Waals surface area contributed by atoms with Crippen LogP contribution < -0.4 is 15.1 Å². The highest BCUT2D eigenvalue weighted by Gasteiger charge is 2.34. The van der Waals surface area contributed by atoms with Gasteiger partial charge in [-0.05, 0) is 66.8 Å². The highest BCUT2D eigenvalue weighted by Crippen LogP contribution is 2.38. The Morgan fingerprint density at radius 1 is 0.962 bits per heavy atom. The number of anilines is 3. The van der Waals surface area contributed by atoms with Crippen molar-refractivity contribution < 1.29 is 9.59 Å². The van der Waals surface area contributed by atoms with E-state index in [1.165, 1.54) is 18.5 Å². The van der Waals surface area contributed by atoms with Crippen LogP contribution in [0.5, 0.6) is 0 Å². The molecule has 3 heterocycles. The topological polar surface area (TPSA) is 52.7 Å². The second-order valence-corrected chi connectivity index (χ2v) is 7.31. The zero-order chi connectivity index (χ0) is 17.7. The Morgan fingerprint density at radius 2 is 1.69 bits per heavy atom. The molecule has 1 saturated heterocycles. The molecule has 0 radical (unpaired) electrons. The molecular formula is C21H21N3O2. The van der Waals surface area contributed by atoms with Crippen molar-refractivity contribution >= 4 is 28.9 Å². The van der Waals surface area contributed by atoms with E-state index in [9.17, 15) is 9.59 Å². The van der Waals surface area contributed by atoms with Crippen molar-refractivity contribution in [1.29, 1.82) is 0 Å². The number of carbonyl (C=O) groups is 2. The largest absolute Gasteiger partial charge is 0.372 e. The number of hydrogen-bond acceptors (Lipinski definition) is 3. The molecule has 2 amide bonds. The number of rotatable bonds is 3. The molecule has 0 atom stereocenters. The van der Waals surface area contributed by atoms with Gasteiger partial charge in [-0.15, -0.1) is 0 Å². The van der Waals surface area contributed by atoms with Crippen LogP contribution in [-0.2, 0) is 17.6 Å². The predicted molar refractivity (Wildman–Crippen MR) is 102 cm³/mol. The molecule has 5 heteroatoms. The van der Waals surface area contributed by atoms with Gasteiger partial charge in [-0.25, -0.2) is 0 Å². The van der Waals surface area contributed by atoms with E-state index in [0.29, 0.717) is 12.0 Å². The van der Waals surface area contributed by atoms with Gasteiger partial charge < -0.3 is 15.1 Å². The third-order valence-corrected chi connectivity index (χ3v) is 5.64. The lowest BCUT2D eigenvalue weighted by Gasteiger charge is -2.17. The molecular weight excluding hydrogens is 326 g/mol. The van der Waals surface area contributed by atoms with Crippen LogP contribution in [0, 0.1) is 0 Å². The number of nitrogens with zero attached hydrogens (tertiary/aromatic N) is 2.